The van der Waals surface area contributed by atoms with E-state index in [0.717, 1.165) is 23.0 Å². The number of hydrogen-bond acceptors (Lipinski definition) is 4. The van der Waals surface area contributed by atoms with E-state index in [1.165, 1.54) is 11.1 Å². The van der Waals surface area contributed by atoms with Gasteiger partial charge in [-0.2, -0.15) is 0 Å². The fraction of sp³-hybridized carbons (Fsp3) is 0.278. The Morgan fingerprint density at radius 3 is 2.78 bits per heavy atom. The number of ether oxygens (including phenoxy) is 1. The topological polar surface area (TPSA) is 52.8 Å². The maximum absolute atomic E-state index is 5.50. The van der Waals surface area contributed by atoms with E-state index in [0.29, 0.717) is 13.2 Å². The molecule has 0 radical (unpaired) electrons. The van der Waals surface area contributed by atoms with Crippen molar-refractivity contribution in [2.24, 2.45) is 0 Å². The van der Waals surface area contributed by atoms with Crippen molar-refractivity contribution in [3.8, 4) is 17.2 Å². The predicted octanol–water partition coefficient (Wildman–Crippen LogP) is 3.48. The minimum atomic E-state index is 0.288. The molecule has 0 spiro atoms. The van der Waals surface area contributed by atoms with Crippen LogP contribution in [0.1, 0.15) is 36.7 Å². The van der Waals surface area contributed by atoms with Crippen molar-refractivity contribution in [3.63, 3.8) is 0 Å². The molecule has 4 rings (SSSR count). The molecule has 0 unspecified atom stereocenters. The molecular weight excluding hydrogens is 288 g/mol. The van der Waals surface area contributed by atoms with Gasteiger partial charge in [0.05, 0.1) is 13.2 Å². The van der Waals surface area contributed by atoms with Crippen LogP contribution in [0.2, 0.25) is 0 Å². The monoisotopic (exact) mass is 306 g/mol. The third kappa shape index (κ3) is 2.53. The zero-order chi connectivity index (χ0) is 15.8. The Labute approximate surface area is 135 Å². The highest BCUT2D eigenvalue weighted by molar-refractivity contribution is 5.55. The minimum absolute atomic E-state index is 0.288. The summed E-state index contributed by atoms with van der Waals surface area (Å²) in [5, 5.41) is 0. The van der Waals surface area contributed by atoms with Crippen molar-refractivity contribution in [1.82, 2.24) is 19.5 Å². The Balaban J connectivity index is 1.78. The van der Waals surface area contributed by atoms with E-state index in [4.69, 9.17) is 4.74 Å². The normalized spacial score (nSPS) is 13.5. The first-order valence-corrected chi connectivity index (χ1v) is 7.79. The Hall–Kier alpha value is -2.53. The van der Waals surface area contributed by atoms with E-state index in [-0.39, 0.29) is 5.92 Å². The summed E-state index contributed by atoms with van der Waals surface area (Å²) in [5.74, 6) is 1.95. The first-order chi connectivity index (χ1) is 11.2. The molecule has 0 N–H and O–H groups in total. The highest BCUT2D eigenvalue weighted by Crippen LogP contribution is 2.26. The first-order valence-electron chi connectivity index (χ1n) is 7.79. The fourth-order valence-corrected chi connectivity index (χ4v) is 2.79. The molecule has 0 bridgehead atoms. The number of rotatable bonds is 3. The lowest BCUT2D eigenvalue weighted by Crippen LogP contribution is -2.02. The summed E-state index contributed by atoms with van der Waals surface area (Å²) in [4.78, 5) is 13.5. The average molecular weight is 306 g/mol. The van der Waals surface area contributed by atoms with Gasteiger partial charge in [0.1, 0.15) is 11.5 Å². The van der Waals surface area contributed by atoms with E-state index in [9.17, 15) is 0 Å². The molecule has 0 amide bonds. The van der Waals surface area contributed by atoms with Crippen LogP contribution in [0.4, 0.5) is 0 Å². The van der Waals surface area contributed by atoms with Gasteiger partial charge in [-0.3, -0.25) is 4.57 Å². The number of nitrogens with zero attached hydrogens (tertiary/aromatic N) is 4. The molecular formula is C18H18N4O. The van der Waals surface area contributed by atoms with Crippen LogP contribution in [0.15, 0.2) is 42.9 Å². The van der Waals surface area contributed by atoms with E-state index in [2.05, 4.69) is 51.6 Å². The number of hydrogen-bond donors (Lipinski definition) is 0. The van der Waals surface area contributed by atoms with Crippen molar-refractivity contribution < 1.29 is 4.74 Å². The van der Waals surface area contributed by atoms with Gasteiger partial charge in [0.2, 0.25) is 0 Å². The summed E-state index contributed by atoms with van der Waals surface area (Å²) >= 11 is 0. The molecule has 1 aliphatic rings. The van der Waals surface area contributed by atoms with Crippen LogP contribution in [-0.4, -0.2) is 19.5 Å². The number of imidazole rings is 1. The predicted molar refractivity (Wildman–Crippen MR) is 87.2 cm³/mol. The van der Waals surface area contributed by atoms with Gasteiger partial charge in [-0.1, -0.05) is 19.9 Å². The third-order valence-corrected chi connectivity index (χ3v) is 4.04. The lowest BCUT2D eigenvalue weighted by Gasteiger charge is -2.10. The smallest absolute Gasteiger partial charge is 0.163 e. The summed E-state index contributed by atoms with van der Waals surface area (Å²) in [6.45, 7) is 5.56. The fourth-order valence-electron chi connectivity index (χ4n) is 2.79. The van der Waals surface area contributed by atoms with Gasteiger partial charge < -0.3 is 4.74 Å². The van der Waals surface area contributed by atoms with Crippen molar-refractivity contribution in [3.05, 3.63) is 59.8 Å². The summed E-state index contributed by atoms with van der Waals surface area (Å²) in [6, 6.07) is 8.30. The van der Waals surface area contributed by atoms with Crippen LogP contribution >= 0.6 is 0 Å². The molecule has 23 heavy (non-hydrogen) atoms. The van der Waals surface area contributed by atoms with Gasteiger partial charge in [0, 0.05) is 30.2 Å². The molecule has 0 saturated carbocycles. The van der Waals surface area contributed by atoms with Crippen LogP contribution in [0, 0.1) is 0 Å². The molecule has 3 aromatic rings. The first kappa shape index (κ1) is 14.1. The van der Waals surface area contributed by atoms with E-state index in [1.807, 2.05) is 12.3 Å². The Kier molecular flexibility index (Phi) is 3.42. The van der Waals surface area contributed by atoms with Gasteiger partial charge in [0.15, 0.2) is 5.82 Å². The van der Waals surface area contributed by atoms with Gasteiger partial charge in [0.25, 0.3) is 0 Å². The largest absolute Gasteiger partial charge is 0.372 e. The van der Waals surface area contributed by atoms with Gasteiger partial charge in [-0.05, 0) is 29.3 Å². The van der Waals surface area contributed by atoms with Gasteiger partial charge in [-0.25, -0.2) is 15.0 Å². The highest BCUT2D eigenvalue weighted by Gasteiger charge is 2.15. The summed E-state index contributed by atoms with van der Waals surface area (Å²) in [7, 11) is 0. The molecule has 3 heterocycles. The molecule has 1 aliphatic heterocycles. The van der Waals surface area contributed by atoms with Crippen molar-refractivity contribution in [1.29, 1.82) is 0 Å². The van der Waals surface area contributed by atoms with E-state index in [1.54, 1.807) is 12.4 Å². The Bertz CT molecular complexity index is 854. The summed E-state index contributed by atoms with van der Waals surface area (Å²) in [6.07, 6.45) is 5.56. The molecule has 0 atom stereocenters. The minimum Gasteiger partial charge on any atom is -0.372 e. The van der Waals surface area contributed by atoms with Crippen LogP contribution in [0.3, 0.4) is 0 Å². The number of benzene rings is 1. The van der Waals surface area contributed by atoms with Crippen molar-refractivity contribution in [2.45, 2.75) is 33.0 Å². The molecule has 0 aliphatic carbocycles. The Morgan fingerprint density at radius 1 is 1.04 bits per heavy atom. The Morgan fingerprint density at radius 2 is 1.91 bits per heavy atom. The van der Waals surface area contributed by atoms with E-state index >= 15 is 0 Å². The molecule has 2 aromatic heterocycles. The van der Waals surface area contributed by atoms with Crippen LogP contribution in [-0.2, 0) is 18.0 Å². The lowest BCUT2D eigenvalue weighted by atomic mass is 10.1. The van der Waals surface area contributed by atoms with Gasteiger partial charge >= 0.3 is 0 Å². The molecule has 116 valence electrons. The second kappa shape index (κ2) is 5.59. The second-order valence-corrected chi connectivity index (χ2v) is 6.02. The number of fused-ring (bicyclic) bond motifs is 1. The van der Waals surface area contributed by atoms with Gasteiger partial charge in [-0.15, -0.1) is 0 Å². The van der Waals surface area contributed by atoms with E-state index < -0.39 is 0 Å². The molecule has 0 fully saturated rings. The zero-order valence-electron chi connectivity index (χ0n) is 13.2. The van der Waals surface area contributed by atoms with Crippen LogP contribution in [0.25, 0.3) is 17.2 Å². The maximum atomic E-state index is 5.50. The standard InChI is InChI=1S/C18H18N4O/c1-12(2)17-19-6-5-16(21-17)18-20-7-8-22(18)15-4-3-13-10-23-11-14(13)9-15/h3-9,12H,10-11H2,1-2H3. The SMILES string of the molecule is CC(C)c1nccc(-c2nccn2-c2ccc3c(c2)COC3)n1. The quantitative estimate of drug-likeness (QED) is 0.743. The maximum Gasteiger partial charge on any atom is 0.163 e. The molecule has 5 nitrogen and oxygen atoms in total. The van der Waals surface area contributed by atoms with Crippen molar-refractivity contribution >= 4 is 0 Å². The third-order valence-electron chi connectivity index (χ3n) is 4.04. The summed E-state index contributed by atoms with van der Waals surface area (Å²) < 4.78 is 7.56. The molecule has 1 aromatic carbocycles. The summed E-state index contributed by atoms with van der Waals surface area (Å²) in [5.41, 5.74) is 4.42. The zero-order valence-corrected chi connectivity index (χ0v) is 13.2. The second-order valence-electron chi connectivity index (χ2n) is 6.02. The highest BCUT2D eigenvalue weighted by atomic mass is 16.5. The van der Waals surface area contributed by atoms with Crippen molar-refractivity contribution in [2.75, 3.05) is 0 Å². The average Bonchev–Trinajstić information content (AvgIpc) is 3.23. The lowest BCUT2D eigenvalue weighted by molar-refractivity contribution is 0.134. The number of aromatic nitrogens is 4. The van der Waals surface area contributed by atoms with Crippen LogP contribution < -0.4 is 0 Å². The molecule has 0 saturated heterocycles. The molecule has 5 heteroatoms. The van der Waals surface area contributed by atoms with Crippen LogP contribution in [0.5, 0.6) is 0 Å².